The van der Waals surface area contributed by atoms with Crippen molar-refractivity contribution in [3.63, 3.8) is 0 Å². The Morgan fingerprint density at radius 2 is 1.74 bits per heavy atom. The Morgan fingerprint density at radius 3 is 2.39 bits per heavy atom. The second-order valence-corrected chi connectivity index (χ2v) is 10.5. The third-order valence-electron chi connectivity index (χ3n) is 6.29. The maximum Gasteiger partial charge on any atom is 0.407 e. The van der Waals surface area contributed by atoms with Crippen LogP contribution >= 0.6 is 27.7 Å². The van der Waals surface area contributed by atoms with E-state index in [2.05, 4.69) is 38.4 Å². The van der Waals surface area contributed by atoms with E-state index in [-0.39, 0.29) is 35.1 Å². The molecule has 0 spiro atoms. The van der Waals surface area contributed by atoms with Gasteiger partial charge in [0, 0.05) is 39.2 Å². The maximum absolute atomic E-state index is 14.0. The van der Waals surface area contributed by atoms with Crippen molar-refractivity contribution in [3.8, 4) is 11.1 Å². The van der Waals surface area contributed by atoms with E-state index in [1.165, 1.54) is 12.3 Å². The average molecular weight is 595 g/mol. The fourth-order valence-electron chi connectivity index (χ4n) is 4.58. The first-order chi connectivity index (χ1) is 18.5. The summed E-state index contributed by atoms with van der Waals surface area (Å²) in [5.74, 6) is -0.0958. The van der Waals surface area contributed by atoms with E-state index in [4.69, 9.17) is 4.74 Å². The molecule has 0 saturated carbocycles. The molecule has 0 saturated heterocycles. The van der Waals surface area contributed by atoms with Gasteiger partial charge in [-0.15, -0.1) is 0 Å². The minimum atomic E-state index is -2.77. The molecule has 0 fully saturated rings. The summed E-state index contributed by atoms with van der Waals surface area (Å²) in [6.07, 6.45) is -1.31. The monoisotopic (exact) mass is 594 g/mol. The second kappa shape index (κ2) is 11.4. The normalized spacial score (nSPS) is 12.2. The molecule has 3 aromatic carbocycles. The van der Waals surface area contributed by atoms with Crippen molar-refractivity contribution in [3.05, 3.63) is 111 Å². The van der Waals surface area contributed by atoms with Crippen LogP contribution in [0.5, 0.6) is 0 Å². The lowest BCUT2D eigenvalue weighted by atomic mass is 9.98. The Hall–Kier alpha value is -3.56. The van der Waals surface area contributed by atoms with Crippen molar-refractivity contribution in [1.29, 1.82) is 0 Å². The number of aldehydes is 1. The fourth-order valence-corrected chi connectivity index (χ4v) is 6.17. The average Bonchev–Trinajstić information content (AvgIpc) is 3.25. The minimum absolute atomic E-state index is 0.0541. The van der Waals surface area contributed by atoms with Crippen LogP contribution in [-0.4, -0.2) is 24.0 Å². The molecule has 9 heteroatoms. The Bertz CT molecular complexity index is 1470. The number of fused-ring (bicyclic) bond motifs is 3. The molecule has 5 nitrogen and oxygen atoms in total. The number of hydrogen-bond donors (Lipinski definition) is 1. The molecule has 1 aliphatic rings. The number of halogens is 3. The predicted octanol–water partition coefficient (Wildman–Crippen LogP) is 7.78. The molecule has 0 bridgehead atoms. The fraction of sp³-hybridized carbons (Fsp3) is 0.138. The number of alkyl halides is 2. The molecular formula is C29H21BrF2N2O3S. The molecule has 1 aromatic heterocycles. The number of pyridine rings is 1. The quantitative estimate of drug-likeness (QED) is 0.211. The van der Waals surface area contributed by atoms with Gasteiger partial charge >= 0.3 is 6.09 Å². The summed E-state index contributed by atoms with van der Waals surface area (Å²) >= 11 is 4.25. The standard InChI is InChI=1S/C29H21BrF2N2O3S/c30-19-12-18(26(24(13-19)27(31)32)38-28-17(15-35)6-5-11-33-28)14-34-29(36)37-16-25-22-9-3-1-7-20(22)21-8-2-4-10-23(21)25/h1-13,15,25,27H,14,16H2,(H,34,36). The zero-order chi connectivity index (χ0) is 26.6. The minimum Gasteiger partial charge on any atom is -0.449 e. The zero-order valence-corrected chi connectivity index (χ0v) is 22.3. The Balaban J connectivity index is 1.33. The molecule has 192 valence electrons. The number of nitrogens with one attached hydrogen (secondary N) is 1. The van der Waals surface area contributed by atoms with Crippen molar-refractivity contribution >= 4 is 40.1 Å². The van der Waals surface area contributed by atoms with Gasteiger partial charge < -0.3 is 10.1 Å². The van der Waals surface area contributed by atoms with E-state index in [0.29, 0.717) is 21.3 Å². The number of benzene rings is 3. The molecule has 38 heavy (non-hydrogen) atoms. The van der Waals surface area contributed by atoms with Gasteiger partial charge in [-0.3, -0.25) is 4.79 Å². The van der Waals surface area contributed by atoms with Gasteiger partial charge in [0.05, 0.1) is 0 Å². The van der Waals surface area contributed by atoms with Gasteiger partial charge in [-0.1, -0.05) is 76.2 Å². The van der Waals surface area contributed by atoms with Crippen LogP contribution < -0.4 is 5.32 Å². The number of nitrogens with zero attached hydrogens (tertiary/aromatic N) is 1. The molecule has 1 amide bonds. The van der Waals surface area contributed by atoms with E-state index in [1.54, 1.807) is 18.2 Å². The van der Waals surface area contributed by atoms with Gasteiger partial charge in [-0.2, -0.15) is 0 Å². The summed E-state index contributed by atoms with van der Waals surface area (Å²) in [5.41, 5.74) is 4.93. The molecule has 1 heterocycles. The first-order valence-corrected chi connectivity index (χ1v) is 13.3. The lowest BCUT2D eigenvalue weighted by Crippen LogP contribution is -2.26. The summed E-state index contributed by atoms with van der Waals surface area (Å²) in [5, 5.41) is 2.99. The van der Waals surface area contributed by atoms with Crippen molar-refractivity contribution in [2.24, 2.45) is 0 Å². The number of alkyl carbamates (subject to hydrolysis) is 1. The topological polar surface area (TPSA) is 68.3 Å². The molecule has 4 aromatic rings. The van der Waals surface area contributed by atoms with Crippen LogP contribution in [0, 0.1) is 0 Å². The predicted molar refractivity (Wildman–Crippen MR) is 145 cm³/mol. The highest BCUT2D eigenvalue weighted by Crippen LogP contribution is 2.44. The highest BCUT2D eigenvalue weighted by Gasteiger charge is 2.29. The highest BCUT2D eigenvalue weighted by molar-refractivity contribution is 9.10. The summed E-state index contributed by atoms with van der Waals surface area (Å²) in [4.78, 5) is 28.6. The van der Waals surface area contributed by atoms with Crippen LogP contribution in [0.2, 0.25) is 0 Å². The van der Waals surface area contributed by atoms with E-state index in [1.807, 2.05) is 36.4 Å². The second-order valence-electron chi connectivity index (χ2n) is 8.58. The van der Waals surface area contributed by atoms with Gasteiger partial charge in [-0.05, 0) is 52.1 Å². The van der Waals surface area contributed by atoms with E-state index in [0.717, 1.165) is 34.0 Å². The van der Waals surface area contributed by atoms with Crippen molar-refractivity contribution in [2.75, 3.05) is 6.61 Å². The van der Waals surface area contributed by atoms with Crippen LogP contribution in [0.4, 0.5) is 13.6 Å². The molecular weight excluding hydrogens is 574 g/mol. The van der Waals surface area contributed by atoms with Crippen LogP contribution in [0.15, 0.2) is 93.4 Å². The summed E-state index contributed by atoms with van der Waals surface area (Å²) in [6.45, 7) is 0.0836. The lowest BCUT2D eigenvalue weighted by Gasteiger charge is -2.17. The highest BCUT2D eigenvalue weighted by atomic mass is 79.9. The third kappa shape index (κ3) is 5.35. The number of amides is 1. The molecule has 1 N–H and O–H groups in total. The first kappa shape index (κ1) is 26.1. The third-order valence-corrected chi connectivity index (χ3v) is 7.98. The number of hydrogen-bond acceptors (Lipinski definition) is 5. The van der Waals surface area contributed by atoms with Crippen LogP contribution in [-0.2, 0) is 11.3 Å². The van der Waals surface area contributed by atoms with Gasteiger partial charge in [0.2, 0.25) is 0 Å². The smallest absolute Gasteiger partial charge is 0.407 e. The van der Waals surface area contributed by atoms with Crippen molar-refractivity contribution in [1.82, 2.24) is 10.3 Å². The maximum atomic E-state index is 14.0. The number of aromatic nitrogens is 1. The Labute approximate surface area is 230 Å². The largest absolute Gasteiger partial charge is 0.449 e. The van der Waals surface area contributed by atoms with E-state index >= 15 is 0 Å². The van der Waals surface area contributed by atoms with Gasteiger partial charge in [-0.25, -0.2) is 18.6 Å². The van der Waals surface area contributed by atoms with Gasteiger partial charge in [0.25, 0.3) is 6.43 Å². The Morgan fingerprint density at radius 1 is 1.05 bits per heavy atom. The molecule has 0 aliphatic heterocycles. The van der Waals surface area contributed by atoms with Crippen LogP contribution in [0.25, 0.3) is 11.1 Å². The molecule has 1 aliphatic carbocycles. The number of rotatable bonds is 8. The molecule has 5 rings (SSSR count). The molecule has 0 radical (unpaired) electrons. The SMILES string of the molecule is O=Cc1cccnc1Sc1c(CNC(=O)OCC2c3ccccc3-c3ccccc32)cc(Br)cc1C(F)F. The first-order valence-electron chi connectivity index (χ1n) is 11.7. The van der Waals surface area contributed by atoms with Gasteiger partial charge in [0.1, 0.15) is 11.6 Å². The van der Waals surface area contributed by atoms with E-state index < -0.39 is 12.5 Å². The number of carbonyl (C=O) groups is 2. The lowest BCUT2D eigenvalue weighted by molar-refractivity contribution is 0.112. The van der Waals surface area contributed by atoms with E-state index in [9.17, 15) is 18.4 Å². The number of carbonyl (C=O) groups excluding carboxylic acids is 2. The summed E-state index contributed by atoms with van der Waals surface area (Å²) in [7, 11) is 0. The summed E-state index contributed by atoms with van der Waals surface area (Å²) < 4.78 is 34.0. The number of ether oxygens (including phenoxy) is 1. The van der Waals surface area contributed by atoms with Gasteiger partial charge in [0.15, 0.2) is 6.29 Å². The zero-order valence-electron chi connectivity index (χ0n) is 19.9. The Kier molecular flexibility index (Phi) is 7.85. The van der Waals surface area contributed by atoms with Crippen LogP contribution in [0.1, 0.15) is 45.0 Å². The summed E-state index contributed by atoms with van der Waals surface area (Å²) in [6, 6.07) is 22.2. The molecule has 0 unspecified atom stereocenters. The van der Waals surface area contributed by atoms with Crippen molar-refractivity contribution < 1.29 is 23.1 Å². The molecule has 0 atom stereocenters. The van der Waals surface area contributed by atoms with Crippen LogP contribution in [0.3, 0.4) is 0 Å². The van der Waals surface area contributed by atoms with Crippen molar-refractivity contribution in [2.45, 2.75) is 28.8 Å².